The van der Waals surface area contributed by atoms with Crippen molar-refractivity contribution in [2.24, 2.45) is 5.73 Å². The summed E-state index contributed by atoms with van der Waals surface area (Å²) in [6.07, 6.45) is 24.6. The zero-order valence-corrected chi connectivity index (χ0v) is 20.3. The van der Waals surface area contributed by atoms with Gasteiger partial charge >= 0.3 is 7.82 Å². The van der Waals surface area contributed by atoms with Crippen LogP contribution in [0.15, 0.2) is 12.3 Å². The number of rotatable bonds is 24. The van der Waals surface area contributed by atoms with E-state index in [0.29, 0.717) is 13.0 Å². The van der Waals surface area contributed by atoms with Gasteiger partial charge < -0.3 is 15.4 Å². The van der Waals surface area contributed by atoms with Gasteiger partial charge in [0.05, 0.1) is 26.1 Å². The molecule has 6 nitrogen and oxygen atoms in total. The summed E-state index contributed by atoms with van der Waals surface area (Å²) in [5.74, 6) is 0. The number of unbranched alkanes of at least 4 members (excludes halogenated alkanes) is 14. The summed E-state index contributed by atoms with van der Waals surface area (Å²) in [6, 6.07) is 0. The lowest BCUT2D eigenvalue weighted by Crippen LogP contribution is -2.08. The van der Waals surface area contributed by atoms with E-state index < -0.39 is 7.82 Å². The molecule has 0 fully saturated rings. The summed E-state index contributed by atoms with van der Waals surface area (Å²) in [5.41, 5.74) is 5.20. The number of hydrogen-bond acceptors (Lipinski definition) is 5. The molecule has 0 saturated carbocycles. The Hall–Kier alpha value is -0.390. The summed E-state index contributed by atoms with van der Waals surface area (Å²) in [7, 11) is -3.96. The molecule has 0 aliphatic heterocycles. The van der Waals surface area contributed by atoms with Crippen LogP contribution >= 0.6 is 7.82 Å². The number of phosphoric ester groups is 1. The van der Waals surface area contributed by atoms with Gasteiger partial charge in [0, 0.05) is 13.0 Å². The molecule has 0 bridgehead atoms. The summed E-state index contributed by atoms with van der Waals surface area (Å²) >= 11 is 0. The topological polar surface area (TPSA) is 91.0 Å². The highest BCUT2D eigenvalue weighted by atomic mass is 31.2. The van der Waals surface area contributed by atoms with Gasteiger partial charge in [-0.25, -0.2) is 4.57 Å². The Labute approximate surface area is 185 Å². The molecule has 0 aromatic rings. The lowest BCUT2D eigenvalue weighted by Gasteiger charge is -2.11. The van der Waals surface area contributed by atoms with E-state index in [2.05, 4.69) is 11.4 Å². The number of allylic oxidation sites excluding steroid dienone is 1. The molecule has 0 heterocycles. The lowest BCUT2D eigenvalue weighted by atomic mass is 10.0. The maximum Gasteiger partial charge on any atom is 0.472 e. The van der Waals surface area contributed by atoms with Crippen molar-refractivity contribution in [2.75, 3.05) is 26.4 Å². The van der Waals surface area contributed by atoms with Gasteiger partial charge in [-0.3, -0.25) is 9.05 Å². The largest absolute Gasteiger partial charge is 0.501 e. The van der Waals surface area contributed by atoms with E-state index in [1.54, 1.807) is 6.26 Å². The summed E-state index contributed by atoms with van der Waals surface area (Å²) in [4.78, 5) is 9.31. The molecule has 180 valence electrons. The second-order valence-corrected chi connectivity index (χ2v) is 9.36. The molecule has 1 atom stereocenters. The first-order valence-corrected chi connectivity index (χ1v) is 13.7. The third kappa shape index (κ3) is 23.9. The van der Waals surface area contributed by atoms with Crippen LogP contribution < -0.4 is 5.73 Å². The van der Waals surface area contributed by atoms with Crippen LogP contribution in [0.5, 0.6) is 0 Å². The average molecular weight is 450 g/mol. The fraction of sp³-hybridized carbons (Fsp3) is 0.913. The monoisotopic (exact) mass is 449 g/mol. The predicted octanol–water partition coefficient (Wildman–Crippen LogP) is 6.87. The minimum atomic E-state index is -3.96. The molecule has 0 aromatic heterocycles. The van der Waals surface area contributed by atoms with Crippen LogP contribution in [-0.2, 0) is 18.3 Å². The van der Waals surface area contributed by atoms with Crippen molar-refractivity contribution in [1.29, 1.82) is 0 Å². The molecule has 7 heteroatoms. The Morgan fingerprint density at radius 2 is 1.23 bits per heavy atom. The van der Waals surface area contributed by atoms with Gasteiger partial charge in [-0.1, -0.05) is 90.4 Å². The van der Waals surface area contributed by atoms with Crippen LogP contribution in [0.2, 0.25) is 0 Å². The molecule has 30 heavy (non-hydrogen) atoms. The Bertz CT molecular complexity index is 420. The molecule has 0 aliphatic carbocycles. The first kappa shape index (κ1) is 29.6. The number of hydrogen-bond donors (Lipinski definition) is 2. The maximum absolute atomic E-state index is 11.4. The van der Waals surface area contributed by atoms with E-state index in [9.17, 15) is 9.46 Å². The van der Waals surface area contributed by atoms with Gasteiger partial charge in [0.2, 0.25) is 0 Å². The van der Waals surface area contributed by atoms with E-state index in [1.807, 2.05) is 6.08 Å². The predicted molar refractivity (Wildman–Crippen MR) is 125 cm³/mol. The van der Waals surface area contributed by atoms with Crippen LogP contribution in [0.1, 0.15) is 110 Å². The third-order valence-electron chi connectivity index (χ3n) is 4.95. The van der Waals surface area contributed by atoms with Crippen molar-refractivity contribution in [3.8, 4) is 0 Å². The van der Waals surface area contributed by atoms with E-state index in [1.165, 1.54) is 89.9 Å². The molecular formula is C23H48NO5P. The SMILES string of the molecule is CCCCCCCCCCCCCCCC/C=C\OCCCOP(=O)(O)OCCN. The minimum Gasteiger partial charge on any atom is -0.501 e. The van der Waals surface area contributed by atoms with Crippen LogP contribution in [-0.4, -0.2) is 31.3 Å². The maximum atomic E-state index is 11.4. The molecule has 0 radical (unpaired) electrons. The first-order valence-electron chi connectivity index (χ1n) is 12.2. The van der Waals surface area contributed by atoms with Crippen LogP contribution in [0, 0.1) is 0 Å². The first-order chi connectivity index (χ1) is 14.6. The molecule has 0 spiro atoms. The molecule has 0 rings (SSSR count). The number of phosphoric acid groups is 1. The molecule has 0 aliphatic rings. The third-order valence-corrected chi connectivity index (χ3v) is 5.97. The second kappa shape index (κ2) is 23.3. The summed E-state index contributed by atoms with van der Waals surface area (Å²) < 4.78 is 26.2. The van der Waals surface area contributed by atoms with Crippen molar-refractivity contribution < 1.29 is 23.2 Å². The fourth-order valence-electron chi connectivity index (χ4n) is 3.19. The van der Waals surface area contributed by atoms with E-state index in [0.717, 1.165) is 6.42 Å². The van der Waals surface area contributed by atoms with Crippen molar-refractivity contribution >= 4 is 7.82 Å². The molecule has 3 N–H and O–H groups in total. The smallest absolute Gasteiger partial charge is 0.472 e. The van der Waals surface area contributed by atoms with Gasteiger partial charge in [-0.2, -0.15) is 0 Å². The normalized spacial score (nSPS) is 13.7. The van der Waals surface area contributed by atoms with Gasteiger partial charge in [-0.05, 0) is 18.9 Å². The zero-order chi connectivity index (χ0) is 22.2. The molecule has 1 unspecified atom stereocenters. The van der Waals surface area contributed by atoms with Crippen molar-refractivity contribution in [3.05, 3.63) is 12.3 Å². The van der Waals surface area contributed by atoms with Crippen LogP contribution in [0.3, 0.4) is 0 Å². The highest BCUT2D eigenvalue weighted by molar-refractivity contribution is 7.47. The lowest BCUT2D eigenvalue weighted by molar-refractivity contribution is 0.138. The number of nitrogens with two attached hydrogens (primary N) is 1. The van der Waals surface area contributed by atoms with Gasteiger partial charge in [0.1, 0.15) is 0 Å². The Balaban J connectivity index is 3.21. The standard InChI is InChI=1S/C23H48NO5P/c1-2-3-4-5-6-7-8-9-10-11-12-13-14-15-16-17-20-27-21-18-22-28-30(25,26)29-23-19-24/h17,20H,2-16,18-19,21-24H2,1H3,(H,25,26)/b20-17-. The number of ether oxygens (including phenoxy) is 1. The highest BCUT2D eigenvalue weighted by Gasteiger charge is 2.19. The fourth-order valence-corrected chi connectivity index (χ4v) is 3.96. The Morgan fingerprint density at radius 3 is 1.77 bits per heavy atom. The molecule has 0 amide bonds. The molecule has 0 aromatic carbocycles. The van der Waals surface area contributed by atoms with Gasteiger partial charge in [-0.15, -0.1) is 0 Å². The van der Waals surface area contributed by atoms with Crippen molar-refractivity contribution in [1.82, 2.24) is 0 Å². The summed E-state index contributed by atoms with van der Waals surface area (Å²) in [6.45, 7) is 3.03. The Morgan fingerprint density at radius 1 is 0.733 bits per heavy atom. The molecular weight excluding hydrogens is 401 g/mol. The zero-order valence-electron chi connectivity index (χ0n) is 19.4. The van der Waals surface area contributed by atoms with Crippen molar-refractivity contribution in [2.45, 2.75) is 110 Å². The minimum absolute atomic E-state index is 0.00622. The molecule has 0 saturated heterocycles. The summed E-state index contributed by atoms with van der Waals surface area (Å²) in [5, 5.41) is 0. The van der Waals surface area contributed by atoms with Crippen LogP contribution in [0.4, 0.5) is 0 Å². The van der Waals surface area contributed by atoms with E-state index >= 15 is 0 Å². The van der Waals surface area contributed by atoms with Gasteiger partial charge in [0.25, 0.3) is 0 Å². The quantitative estimate of drug-likeness (QED) is 0.0949. The van der Waals surface area contributed by atoms with E-state index in [4.69, 9.17) is 15.0 Å². The average Bonchev–Trinajstić information content (AvgIpc) is 2.73. The van der Waals surface area contributed by atoms with E-state index in [-0.39, 0.29) is 19.8 Å². The van der Waals surface area contributed by atoms with Crippen molar-refractivity contribution in [3.63, 3.8) is 0 Å². The van der Waals surface area contributed by atoms with Crippen LogP contribution in [0.25, 0.3) is 0 Å². The van der Waals surface area contributed by atoms with Gasteiger partial charge in [0.15, 0.2) is 0 Å². The highest BCUT2D eigenvalue weighted by Crippen LogP contribution is 2.42. The Kier molecular flexibility index (Phi) is 23.0. The second-order valence-electron chi connectivity index (χ2n) is 7.90.